The Morgan fingerprint density at radius 3 is 2.30 bits per heavy atom. The standard InChI is InChI=1S/C21H18N4O2/c1-13(26)24-16-7-3-15(4-8-16)20-11-18(19(12-22)21(23)25-20)14-5-9-17(27-2)10-6-14/h3-11H,1-2H3,(H2,23,25)(H,24,26). The fourth-order valence-electron chi connectivity index (χ4n) is 2.76. The highest BCUT2D eigenvalue weighted by Crippen LogP contribution is 2.32. The van der Waals surface area contributed by atoms with Gasteiger partial charge in [-0.3, -0.25) is 4.79 Å². The third-order valence-corrected chi connectivity index (χ3v) is 4.06. The molecule has 1 amide bonds. The highest BCUT2D eigenvalue weighted by atomic mass is 16.5. The molecule has 0 aliphatic rings. The zero-order valence-corrected chi connectivity index (χ0v) is 15.0. The molecule has 1 heterocycles. The van der Waals surface area contributed by atoms with Crippen LogP contribution in [0.25, 0.3) is 22.4 Å². The van der Waals surface area contributed by atoms with Crippen molar-refractivity contribution in [3.05, 3.63) is 60.2 Å². The van der Waals surface area contributed by atoms with Gasteiger partial charge in [-0.15, -0.1) is 0 Å². The molecule has 3 rings (SSSR count). The summed E-state index contributed by atoms with van der Waals surface area (Å²) in [5, 5.41) is 12.2. The molecule has 0 saturated carbocycles. The summed E-state index contributed by atoms with van der Waals surface area (Å²) in [5.74, 6) is 0.769. The number of hydrogen-bond donors (Lipinski definition) is 2. The minimum atomic E-state index is -0.134. The predicted molar refractivity (Wildman–Crippen MR) is 105 cm³/mol. The summed E-state index contributed by atoms with van der Waals surface area (Å²) >= 11 is 0. The average molecular weight is 358 g/mol. The van der Waals surface area contributed by atoms with Crippen molar-refractivity contribution >= 4 is 17.4 Å². The van der Waals surface area contributed by atoms with Crippen LogP contribution in [0.15, 0.2) is 54.6 Å². The number of carbonyl (C=O) groups excluding carboxylic acids is 1. The molecular weight excluding hydrogens is 340 g/mol. The van der Waals surface area contributed by atoms with Gasteiger partial charge in [-0.25, -0.2) is 4.98 Å². The number of aromatic nitrogens is 1. The lowest BCUT2D eigenvalue weighted by molar-refractivity contribution is -0.114. The molecule has 2 aromatic carbocycles. The van der Waals surface area contributed by atoms with E-state index in [0.717, 1.165) is 16.9 Å². The molecule has 27 heavy (non-hydrogen) atoms. The number of rotatable bonds is 4. The summed E-state index contributed by atoms with van der Waals surface area (Å²) in [6.07, 6.45) is 0. The van der Waals surface area contributed by atoms with Crippen LogP contribution < -0.4 is 15.8 Å². The molecule has 134 valence electrons. The summed E-state index contributed by atoms with van der Waals surface area (Å²) < 4.78 is 5.19. The normalized spacial score (nSPS) is 10.1. The Labute approximate surface area is 157 Å². The second kappa shape index (κ2) is 7.58. The Morgan fingerprint density at radius 2 is 1.74 bits per heavy atom. The van der Waals surface area contributed by atoms with Crippen LogP contribution in [0.4, 0.5) is 11.5 Å². The molecule has 0 fully saturated rings. The van der Waals surface area contributed by atoms with E-state index in [4.69, 9.17) is 10.5 Å². The molecular formula is C21H18N4O2. The van der Waals surface area contributed by atoms with E-state index < -0.39 is 0 Å². The van der Waals surface area contributed by atoms with E-state index in [1.54, 1.807) is 19.2 Å². The number of amides is 1. The van der Waals surface area contributed by atoms with Crippen LogP contribution in [0.3, 0.4) is 0 Å². The van der Waals surface area contributed by atoms with Crippen LogP contribution in [-0.4, -0.2) is 18.0 Å². The van der Waals surface area contributed by atoms with Gasteiger partial charge in [0.1, 0.15) is 23.2 Å². The number of methoxy groups -OCH3 is 1. The van der Waals surface area contributed by atoms with E-state index in [0.29, 0.717) is 22.5 Å². The zero-order chi connectivity index (χ0) is 19.4. The van der Waals surface area contributed by atoms with Crippen molar-refractivity contribution in [2.45, 2.75) is 6.92 Å². The molecule has 0 radical (unpaired) electrons. The minimum absolute atomic E-state index is 0.134. The first-order valence-electron chi connectivity index (χ1n) is 8.25. The molecule has 0 aliphatic carbocycles. The van der Waals surface area contributed by atoms with Crippen molar-refractivity contribution in [3.8, 4) is 34.2 Å². The number of nitriles is 1. The first kappa shape index (κ1) is 18.0. The topological polar surface area (TPSA) is 101 Å². The second-order valence-electron chi connectivity index (χ2n) is 5.91. The van der Waals surface area contributed by atoms with Gasteiger partial charge in [0.25, 0.3) is 0 Å². The van der Waals surface area contributed by atoms with Gasteiger partial charge in [0.2, 0.25) is 5.91 Å². The van der Waals surface area contributed by atoms with Gasteiger partial charge in [0, 0.05) is 23.7 Å². The number of nitrogens with zero attached hydrogens (tertiary/aromatic N) is 2. The van der Waals surface area contributed by atoms with Crippen LogP contribution >= 0.6 is 0 Å². The van der Waals surface area contributed by atoms with Crippen molar-refractivity contribution < 1.29 is 9.53 Å². The molecule has 3 N–H and O–H groups in total. The number of ether oxygens (including phenoxy) is 1. The molecule has 0 spiro atoms. The fourth-order valence-corrected chi connectivity index (χ4v) is 2.76. The zero-order valence-electron chi connectivity index (χ0n) is 15.0. The molecule has 0 unspecified atom stereocenters. The number of nitrogens with two attached hydrogens (primary N) is 1. The maximum absolute atomic E-state index is 11.2. The second-order valence-corrected chi connectivity index (χ2v) is 5.91. The number of nitrogens with one attached hydrogen (secondary N) is 1. The SMILES string of the molecule is COc1ccc(-c2cc(-c3ccc(NC(C)=O)cc3)nc(N)c2C#N)cc1. The first-order valence-corrected chi connectivity index (χ1v) is 8.25. The lowest BCUT2D eigenvalue weighted by Crippen LogP contribution is -2.05. The largest absolute Gasteiger partial charge is 0.497 e. The lowest BCUT2D eigenvalue weighted by atomic mass is 9.98. The molecule has 1 aromatic heterocycles. The van der Waals surface area contributed by atoms with Gasteiger partial charge in [-0.2, -0.15) is 5.26 Å². The van der Waals surface area contributed by atoms with Gasteiger partial charge in [-0.1, -0.05) is 24.3 Å². The number of anilines is 2. The van der Waals surface area contributed by atoms with Crippen LogP contribution in [0.1, 0.15) is 12.5 Å². The number of benzene rings is 2. The van der Waals surface area contributed by atoms with Crippen LogP contribution in [0, 0.1) is 11.3 Å². The number of pyridine rings is 1. The smallest absolute Gasteiger partial charge is 0.221 e. The fraction of sp³-hybridized carbons (Fsp3) is 0.0952. The van der Waals surface area contributed by atoms with E-state index in [2.05, 4.69) is 16.4 Å². The van der Waals surface area contributed by atoms with E-state index in [1.807, 2.05) is 42.5 Å². The van der Waals surface area contributed by atoms with Gasteiger partial charge in [-0.05, 0) is 35.9 Å². The number of carbonyl (C=O) groups is 1. The minimum Gasteiger partial charge on any atom is -0.497 e. The summed E-state index contributed by atoms with van der Waals surface area (Å²) in [6.45, 7) is 1.46. The van der Waals surface area contributed by atoms with Gasteiger partial charge < -0.3 is 15.8 Å². The van der Waals surface area contributed by atoms with Gasteiger partial charge in [0.15, 0.2) is 0 Å². The highest BCUT2D eigenvalue weighted by Gasteiger charge is 2.13. The third-order valence-electron chi connectivity index (χ3n) is 4.06. The van der Waals surface area contributed by atoms with Crippen LogP contribution in [0.2, 0.25) is 0 Å². The van der Waals surface area contributed by atoms with Gasteiger partial charge >= 0.3 is 0 Å². The van der Waals surface area contributed by atoms with Gasteiger partial charge in [0.05, 0.1) is 12.8 Å². The molecule has 0 bridgehead atoms. The van der Waals surface area contributed by atoms with E-state index in [-0.39, 0.29) is 11.7 Å². The Kier molecular flexibility index (Phi) is 5.04. The van der Waals surface area contributed by atoms with Crippen molar-refractivity contribution in [1.82, 2.24) is 4.98 Å². The Morgan fingerprint density at radius 1 is 1.11 bits per heavy atom. The molecule has 6 nitrogen and oxygen atoms in total. The predicted octanol–water partition coefficient (Wildman–Crippen LogP) is 3.84. The summed E-state index contributed by atoms with van der Waals surface area (Å²) in [6, 6.07) is 18.6. The monoisotopic (exact) mass is 358 g/mol. The molecule has 6 heteroatoms. The van der Waals surface area contributed by atoms with Crippen molar-refractivity contribution in [2.24, 2.45) is 0 Å². The molecule has 0 saturated heterocycles. The number of hydrogen-bond acceptors (Lipinski definition) is 5. The van der Waals surface area contributed by atoms with E-state index in [9.17, 15) is 10.1 Å². The lowest BCUT2D eigenvalue weighted by Gasteiger charge is -2.11. The van der Waals surface area contributed by atoms with E-state index in [1.165, 1.54) is 6.92 Å². The van der Waals surface area contributed by atoms with Crippen molar-refractivity contribution in [1.29, 1.82) is 5.26 Å². The quantitative estimate of drug-likeness (QED) is 0.738. The third kappa shape index (κ3) is 3.88. The Balaban J connectivity index is 2.06. The summed E-state index contributed by atoms with van der Waals surface area (Å²) in [4.78, 5) is 15.5. The molecule has 0 atom stereocenters. The van der Waals surface area contributed by atoms with Crippen molar-refractivity contribution in [3.63, 3.8) is 0 Å². The summed E-state index contributed by atoms with van der Waals surface area (Å²) in [5.41, 5.74) is 10.1. The Bertz CT molecular complexity index is 1020. The van der Waals surface area contributed by atoms with Crippen LogP contribution in [0.5, 0.6) is 5.75 Å². The maximum Gasteiger partial charge on any atom is 0.221 e. The van der Waals surface area contributed by atoms with Crippen molar-refractivity contribution in [2.75, 3.05) is 18.2 Å². The molecule has 0 aliphatic heterocycles. The summed E-state index contributed by atoms with van der Waals surface area (Å²) in [7, 11) is 1.60. The van der Waals surface area contributed by atoms with E-state index >= 15 is 0 Å². The first-order chi connectivity index (χ1) is 13.0. The average Bonchev–Trinajstić information content (AvgIpc) is 2.67. The Hall–Kier alpha value is -3.85. The maximum atomic E-state index is 11.2. The van der Waals surface area contributed by atoms with Crippen LogP contribution in [-0.2, 0) is 4.79 Å². The molecule has 3 aromatic rings. The number of nitrogen functional groups attached to an aromatic ring is 1. The highest BCUT2D eigenvalue weighted by molar-refractivity contribution is 5.89.